The minimum Gasteiger partial charge on any atom is -0.474 e. The van der Waals surface area contributed by atoms with E-state index in [-0.39, 0.29) is 12.0 Å². The fourth-order valence-corrected chi connectivity index (χ4v) is 3.20. The molecule has 134 valence electrons. The van der Waals surface area contributed by atoms with Gasteiger partial charge in [0.2, 0.25) is 5.88 Å². The van der Waals surface area contributed by atoms with E-state index in [1.165, 1.54) is 25.5 Å². The van der Waals surface area contributed by atoms with Gasteiger partial charge in [-0.05, 0) is 37.3 Å². The van der Waals surface area contributed by atoms with E-state index in [1.54, 1.807) is 29.2 Å². The van der Waals surface area contributed by atoms with Gasteiger partial charge in [0.05, 0.1) is 6.20 Å². The molecule has 0 bridgehead atoms. The number of aromatic nitrogens is 4. The Labute approximate surface area is 151 Å². The highest BCUT2D eigenvalue weighted by Gasteiger charge is 2.16. The number of hydrogen-bond acceptors (Lipinski definition) is 5. The third-order valence-electron chi connectivity index (χ3n) is 4.61. The maximum absolute atomic E-state index is 12.4. The zero-order chi connectivity index (χ0) is 17.8. The lowest BCUT2D eigenvalue weighted by Crippen LogP contribution is -2.23. The number of fused-ring (bicyclic) bond motifs is 1. The van der Waals surface area contributed by atoms with Gasteiger partial charge in [0.25, 0.3) is 5.91 Å². The molecule has 1 amide bonds. The number of nitrogens with one attached hydrogen (secondary N) is 1. The number of ether oxygens (including phenoxy) is 1. The van der Waals surface area contributed by atoms with Gasteiger partial charge in [-0.2, -0.15) is 5.10 Å². The largest absolute Gasteiger partial charge is 0.474 e. The Morgan fingerprint density at radius 3 is 2.88 bits per heavy atom. The van der Waals surface area contributed by atoms with Gasteiger partial charge in [-0.1, -0.05) is 12.5 Å². The first-order chi connectivity index (χ1) is 12.8. The quantitative estimate of drug-likeness (QED) is 0.764. The first-order valence-electron chi connectivity index (χ1n) is 8.98. The zero-order valence-corrected chi connectivity index (χ0v) is 14.5. The summed E-state index contributed by atoms with van der Waals surface area (Å²) in [5.41, 5.74) is 1.91. The van der Waals surface area contributed by atoms with E-state index in [0.717, 1.165) is 18.4 Å². The average molecular weight is 351 g/mol. The van der Waals surface area contributed by atoms with Crippen LogP contribution in [-0.4, -0.2) is 31.6 Å². The Balaban J connectivity index is 1.34. The minimum atomic E-state index is -0.207. The molecular formula is C19H21N5O2. The molecule has 1 aliphatic rings. The normalized spacial score (nSPS) is 15.1. The summed E-state index contributed by atoms with van der Waals surface area (Å²) in [7, 11) is 0. The van der Waals surface area contributed by atoms with Crippen molar-refractivity contribution in [1.29, 1.82) is 0 Å². The Morgan fingerprint density at radius 1 is 1.19 bits per heavy atom. The van der Waals surface area contributed by atoms with E-state index in [0.29, 0.717) is 23.6 Å². The zero-order valence-electron chi connectivity index (χ0n) is 14.5. The molecule has 0 unspecified atom stereocenters. The fourth-order valence-electron chi connectivity index (χ4n) is 3.20. The lowest BCUT2D eigenvalue weighted by atomic mass is 9.98. The van der Waals surface area contributed by atoms with Gasteiger partial charge in [0.1, 0.15) is 11.7 Å². The van der Waals surface area contributed by atoms with Crippen LogP contribution in [0.25, 0.3) is 5.65 Å². The van der Waals surface area contributed by atoms with Crippen molar-refractivity contribution in [3.8, 4) is 5.88 Å². The molecule has 4 rings (SSSR count). The van der Waals surface area contributed by atoms with Gasteiger partial charge in [-0.25, -0.2) is 14.5 Å². The first kappa shape index (κ1) is 16.5. The van der Waals surface area contributed by atoms with Crippen molar-refractivity contribution in [3.63, 3.8) is 0 Å². The van der Waals surface area contributed by atoms with Crippen LogP contribution < -0.4 is 10.1 Å². The summed E-state index contributed by atoms with van der Waals surface area (Å²) >= 11 is 0. The van der Waals surface area contributed by atoms with Crippen LogP contribution in [0.15, 0.2) is 43.0 Å². The molecular weight excluding hydrogens is 330 g/mol. The predicted molar refractivity (Wildman–Crippen MR) is 95.9 cm³/mol. The number of carbonyl (C=O) groups excluding carboxylic acids is 1. The molecule has 0 saturated heterocycles. The second kappa shape index (κ2) is 7.51. The average Bonchev–Trinajstić information content (AvgIpc) is 3.12. The van der Waals surface area contributed by atoms with Crippen molar-refractivity contribution in [3.05, 3.63) is 54.1 Å². The number of hydrogen-bond donors (Lipinski definition) is 1. The van der Waals surface area contributed by atoms with E-state index in [4.69, 9.17) is 4.74 Å². The molecule has 0 radical (unpaired) electrons. The number of rotatable bonds is 5. The fraction of sp³-hybridized carbons (Fsp3) is 0.368. The van der Waals surface area contributed by atoms with E-state index < -0.39 is 0 Å². The van der Waals surface area contributed by atoms with Crippen molar-refractivity contribution in [2.75, 3.05) is 0 Å². The molecule has 3 heterocycles. The van der Waals surface area contributed by atoms with Crippen LogP contribution in [0.5, 0.6) is 5.88 Å². The highest BCUT2D eigenvalue weighted by atomic mass is 16.5. The monoisotopic (exact) mass is 351 g/mol. The van der Waals surface area contributed by atoms with E-state index in [9.17, 15) is 4.79 Å². The molecule has 0 aliphatic heterocycles. The first-order valence-corrected chi connectivity index (χ1v) is 8.98. The molecule has 3 aromatic heterocycles. The van der Waals surface area contributed by atoms with Crippen LogP contribution in [0.3, 0.4) is 0 Å². The number of pyridine rings is 1. The Morgan fingerprint density at radius 2 is 2.08 bits per heavy atom. The van der Waals surface area contributed by atoms with Gasteiger partial charge in [-0.15, -0.1) is 0 Å². The van der Waals surface area contributed by atoms with Gasteiger partial charge in [0.15, 0.2) is 5.65 Å². The van der Waals surface area contributed by atoms with Crippen molar-refractivity contribution in [2.45, 2.75) is 44.8 Å². The van der Waals surface area contributed by atoms with Gasteiger partial charge in [-0.3, -0.25) is 4.79 Å². The molecule has 1 N–H and O–H groups in total. The molecule has 0 aromatic carbocycles. The molecule has 1 aliphatic carbocycles. The van der Waals surface area contributed by atoms with E-state index in [1.807, 2.05) is 12.1 Å². The molecule has 7 heteroatoms. The Hall–Kier alpha value is -2.96. The van der Waals surface area contributed by atoms with Gasteiger partial charge < -0.3 is 10.1 Å². The van der Waals surface area contributed by atoms with Crippen LogP contribution >= 0.6 is 0 Å². The smallest absolute Gasteiger partial charge is 0.257 e. The molecule has 0 spiro atoms. The van der Waals surface area contributed by atoms with Gasteiger partial charge >= 0.3 is 0 Å². The van der Waals surface area contributed by atoms with E-state index >= 15 is 0 Å². The van der Waals surface area contributed by atoms with Crippen molar-refractivity contribution in [2.24, 2.45) is 0 Å². The molecule has 26 heavy (non-hydrogen) atoms. The summed E-state index contributed by atoms with van der Waals surface area (Å²) in [6.45, 7) is 0.389. The third-order valence-corrected chi connectivity index (χ3v) is 4.61. The van der Waals surface area contributed by atoms with Crippen molar-refractivity contribution >= 4 is 11.6 Å². The molecule has 1 saturated carbocycles. The summed E-state index contributed by atoms with van der Waals surface area (Å²) in [5, 5.41) is 7.01. The summed E-state index contributed by atoms with van der Waals surface area (Å²) in [5.74, 6) is 0.444. The molecule has 3 aromatic rings. The second-order valence-electron chi connectivity index (χ2n) is 6.51. The van der Waals surface area contributed by atoms with Crippen LogP contribution in [-0.2, 0) is 6.54 Å². The highest BCUT2D eigenvalue weighted by molar-refractivity contribution is 5.99. The molecule has 1 fully saturated rings. The number of nitrogens with zero attached hydrogens (tertiary/aromatic N) is 4. The standard InChI is InChI=1S/C19H21N5O2/c25-19(16-13-23-24-10-4-9-20-18(16)24)22-12-14-7-8-17(21-11-14)26-15-5-2-1-3-6-15/h4,7-11,13,15H,1-3,5-6,12H2,(H,22,25). The van der Waals surface area contributed by atoms with Crippen LogP contribution in [0.2, 0.25) is 0 Å². The van der Waals surface area contributed by atoms with Crippen LogP contribution in [0.4, 0.5) is 0 Å². The van der Waals surface area contributed by atoms with Crippen LogP contribution in [0.1, 0.15) is 48.0 Å². The summed E-state index contributed by atoms with van der Waals surface area (Å²) in [4.78, 5) is 20.9. The number of carbonyl (C=O) groups is 1. The third kappa shape index (κ3) is 3.66. The Kier molecular flexibility index (Phi) is 4.77. The summed E-state index contributed by atoms with van der Waals surface area (Å²) in [6.07, 6.45) is 12.9. The van der Waals surface area contributed by atoms with Crippen molar-refractivity contribution < 1.29 is 9.53 Å². The predicted octanol–water partition coefficient (Wildman–Crippen LogP) is 2.77. The minimum absolute atomic E-state index is 0.207. The lowest BCUT2D eigenvalue weighted by molar-refractivity contribution is 0.0952. The highest BCUT2D eigenvalue weighted by Crippen LogP contribution is 2.22. The summed E-state index contributed by atoms with van der Waals surface area (Å²) in [6, 6.07) is 5.57. The summed E-state index contributed by atoms with van der Waals surface area (Å²) < 4.78 is 7.50. The SMILES string of the molecule is O=C(NCc1ccc(OC2CCCCC2)nc1)c1cnn2cccnc12. The van der Waals surface area contributed by atoms with Crippen LogP contribution in [0, 0.1) is 0 Å². The second-order valence-corrected chi connectivity index (χ2v) is 6.51. The Bertz CT molecular complexity index is 884. The maximum atomic E-state index is 12.4. The number of amides is 1. The van der Waals surface area contributed by atoms with E-state index in [2.05, 4.69) is 20.4 Å². The maximum Gasteiger partial charge on any atom is 0.257 e. The van der Waals surface area contributed by atoms with Crippen molar-refractivity contribution in [1.82, 2.24) is 24.9 Å². The lowest BCUT2D eigenvalue weighted by Gasteiger charge is -2.22. The molecule has 7 nitrogen and oxygen atoms in total. The molecule has 0 atom stereocenters. The van der Waals surface area contributed by atoms with Gasteiger partial charge in [0, 0.05) is 31.2 Å². The topological polar surface area (TPSA) is 81.4 Å².